The average molecular weight is 216 g/mol. The molecule has 5 nitrogen and oxygen atoms in total. The highest BCUT2D eigenvalue weighted by atomic mass is 32.2. The van der Waals surface area contributed by atoms with Crippen molar-refractivity contribution in [2.45, 2.75) is 25.0 Å². The smallest absolute Gasteiger partial charge is 0.222 e. The van der Waals surface area contributed by atoms with Crippen molar-refractivity contribution >= 4 is 17.7 Å². The first kappa shape index (κ1) is 11.3. The topological polar surface area (TPSA) is 66.0 Å². The van der Waals surface area contributed by atoms with Gasteiger partial charge in [0.1, 0.15) is 0 Å². The summed E-state index contributed by atoms with van der Waals surface area (Å²) in [6, 6.07) is 0.287. The zero-order chi connectivity index (χ0) is 10.6. The van der Waals surface area contributed by atoms with Gasteiger partial charge >= 0.3 is 0 Å². The molecule has 0 saturated heterocycles. The second kappa shape index (κ2) is 5.21. The summed E-state index contributed by atoms with van der Waals surface area (Å²) in [4.78, 5) is 0. The number of aromatic nitrogens is 3. The van der Waals surface area contributed by atoms with Gasteiger partial charge in [-0.05, 0) is 13.8 Å². The number of anilines is 1. The van der Waals surface area contributed by atoms with Gasteiger partial charge in [-0.25, -0.2) is 0 Å². The summed E-state index contributed by atoms with van der Waals surface area (Å²) in [5, 5.41) is 8.71. The van der Waals surface area contributed by atoms with Gasteiger partial charge in [0, 0.05) is 18.9 Å². The maximum atomic E-state index is 5.69. The van der Waals surface area contributed by atoms with E-state index < -0.39 is 0 Å². The first-order valence-corrected chi connectivity index (χ1v) is 5.47. The number of ether oxygens (including phenoxy) is 1. The van der Waals surface area contributed by atoms with Crippen molar-refractivity contribution < 1.29 is 4.74 Å². The molecule has 0 spiro atoms. The van der Waals surface area contributed by atoms with Crippen LogP contribution in [0.3, 0.4) is 0 Å². The monoisotopic (exact) mass is 216 g/mol. The normalized spacial score (nSPS) is 11.1. The Balaban J connectivity index is 2.66. The molecule has 0 aromatic carbocycles. The molecular formula is C8H16N4OS. The number of nitrogens with two attached hydrogens (primary N) is 1. The van der Waals surface area contributed by atoms with E-state index in [0.29, 0.717) is 12.6 Å². The van der Waals surface area contributed by atoms with Gasteiger partial charge in [-0.2, -0.15) is 0 Å². The molecule has 0 saturated carbocycles. The SMILES string of the molecule is COCCSc1nnc(N)n1C(C)C. The van der Waals surface area contributed by atoms with E-state index in [1.807, 2.05) is 4.57 Å². The van der Waals surface area contributed by atoms with Crippen molar-refractivity contribution in [1.82, 2.24) is 14.8 Å². The van der Waals surface area contributed by atoms with Crippen molar-refractivity contribution in [2.24, 2.45) is 0 Å². The van der Waals surface area contributed by atoms with Crippen molar-refractivity contribution in [2.75, 3.05) is 25.2 Å². The highest BCUT2D eigenvalue weighted by molar-refractivity contribution is 7.99. The first-order valence-electron chi connectivity index (χ1n) is 4.49. The molecule has 0 fully saturated rings. The molecule has 0 atom stereocenters. The predicted octanol–water partition coefficient (Wildman–Crippen LogP) is 1.18. The van der Waals surface area contributed by atoms with Gasteiger partial charge in [0.2, 0.25) is 5.95 Å². The molecule has 0 radical (unpaired) electrons. The van der Waals surface area contributed by atoms with Gasteiger partial charge in [-0.15, -0.1) is 10.2 Å². The minimum absolute atomic E-state index is 0.287. The number of hydrogen-bond acceptors (Lipinski definition) is 5. The number of methoxy groups -OCH3 is 1. The van der Waals surface area contributed by atoms with E-state index in [4.69, 9.17) is 10.5 Å². The summed E-state index contributed by atoms with van der Waals surface area (Å²) < 4.78 is 6.88. The lowest BCUT2D eigenvalue weighted by molar-refractivity contribution is 0.218. The lowest BCUT2D eigenvalue weighted by atomic mass is 10.4. The van der Waals surface area contributed by atoms with E-state index in [-0.39, 0.29) is 6.04 Å². The number of nitrogen functional groups attached to an aromatic ring is 1. The molecule has 0 aliphatic carbocycles. The second-order valence-corrected chi connectivity index (χ2v) is 4.21. The molecule has 1 rings (SSSR count). The molecule has 1 aromatic heterocycles. The van der Waals surface area contributed by atoms with Crippen molar-refractivity contribution in [3.8, 4) is 0 Å². The van der Waals surface area contributed by atoms with E-state index in [0.717, 1.165) is 10.9 Å². The third-order valence-corrected chi connectivity index (χ3v) is 2.63. The summed E-state index contributed by atoms with van der Waals surface area (Å²) in [5.41, 5.74) is 5.69. The highest BCUT2D eigenvalue weighted by Gasteiger charge is 2.11. The second-order valence-electron chi connectivity index (χ2n) is 3.15. The third-order valence-electron chi connectivity index (χ3n) is 1.73. The van der Waals surface area contributed by atoms with Gasteiger partial charge in [0.05, 0.1) is 6.61 Å². The van der Waals surface area contributed by atoms with E-state index in [9.17, 15) is 0 Å². The summed E-state index contributed by atoms with van der Waals surface area (Å²) in [6.45, 7) is 4.82. The van der Waals surface area contributed by atoms with Gasteiger partial charge in [0.15, 0.2) is 5.16 Å². The molecule has 0 aliphatic heterocycles. The molecule has 0 aliphatic rings. The largest absolute Gasteiger partial charge is 0.384 e. The van der Waals surface area contributed by atoms with Crippen LogP contribution in [0.2, 0.25) is 0 Å². The van der Waals surface area contributed by atoms with Crippen molar-refractivity contribution in [1.29, 1.82) is 0 Å². The van der Waals surface area contributed by atoms with Crippen LogP contribution in [0.15, 0.2) is 5.16 Å². The van der Waals surface area contributed by atoms with Crippen LogP contribution < -0.4 is 5.73 Å². The lowest BCUT2D eigenvalue weighted by Crippen LogP contribution is -2.07. The molecule has 0 amide bonds. The zero-order valence-corrected chi connectivity index (χ0v) is 9.54. The van der Waals surface area contributed by atoms with Crippen LogP contribution in [0, 0.1) is 0 Å². The molecule has 80 valence electrons. The van der Waals surface area contributed by atoms with Crippen LogP contribution in [-0.2, 0) is 4.74 Å². The van der Waals surface area contributed by atoms with Gasteiger partial charge in [0.25, 0.3) is 0 Å². The summed E-state index contributed by atoms with van der Waals surface area (Å²) in [6.07, 6.45) is 0. The summed E-state index contributed by atoms with van der Waals surface area (Å²) in [5.74, 6) is 1.33. The van der Waals surface area contributed by atoms with Crippen LogP contribution in [0.25, 0.3) is 0 Å². The zero-order valence-electron chi connectivity index (χ0n) is 8.73. The number of nitrogens with zero attached hydrogens (tertiary/aromatic N) is 3. The molecular weight excluding hydrogens is 200 g/mol. The van der Waals surface area contributed by atoms with E-state index in [1.54, 1.807) is 18.9 Å². The Morgan fingerprint density at radius 3 is 2.79 bits per heavy atom. The maximum Gasteiger partial charge on any atom is 0.222 e. The molecule has 0 unspecified atom stereocenters. The fraction of sp³-hybridized carbons (Fsp3) is 0.750. The Hall–Kier alpha value is -0.750. The Morgan fingerprint density at radius 2 is 2.21 bits per heavy atom. The van der Waals surface area contributed by atoms with E-state index in [2.05, 4.69) is 24.0 Å². The van der Waals surface area contributed by atoms with Gasteiger partial charge < -0.3 is 10.5 Å². The van der Waals surface area contributed by atoms with Gasteiger partial charge in [-0.1, -0.05) is 11.8 Å². The number of thioether (sulfide) groups is 1. The van der Waals surface area contributed by atoms with Crippen LogP contribution in [0.4, 0.5) is 5.95 Å². The Labute approximate surface area is 88.0 Å². The van der Waals surface area contributed by atoms with Gasteiger partial charge in [-0.3, -0.25) is 4.57 Å². The van der Waals surface area contributed by atoms with Crippen molar-refractivity contribution in [3.05, 3.63) is 0 Å². The minimum atomic E-state index is 0.287. The van der Waals surface area contributed by atoms with Crippen LogP contribution in [0.5, 0.6) is 0 Å². The Morgan fingerprint density at radius 1 is 1.50 bits per heavy atom. The molecule has 2 N–H and O–H groups in total. The average Bonchev–Trinajstić information content (AvgIpc) is 2.47. The predicted molar refractivity (Wildman–Crippen MR) is 57.4 cm³/mol. The first-order chi connectivity index (χ1) is 6.66. The standard InChI is InChI=1S/C8H16N4OS/c1-6(2)12-7(9)10-11-8(12)14-5-4-13-3/h6H,4-5H2,1-3H3,(H2,9,10). The Kier molecular flexibility index (Phi) is 4.21. The van der Waals surface area contributed by atoms with Crippen LogP contribution >= 0.6 is 11.8 Å². The molecule has 0 bridgehead atoms. The van der Waals surface area contributed by atoms with E-state index >= 15 is 0 Å². The number of hydrogen-bond donors (Lipinski definition) is 1. The van der Waals surface area contributed by atoms with E-state index in [1.165, 1.54) is 0 Å². The van der Waals surface area contributed by atoms with Crippen LogP contribution in [0.1, 0.15) is 19.9 Å². The molecule has 1 aromatic rings. The van der Waals surface area contributed by atoms with Crippen LogP contribution in [-0.4, -0.2) is 34.2 Å². The maximum absolute atomic E-state index is 5.69. The summed E-state index contributed by atoms with van der Waals surface area (Å²) >= 11 is 1.61. The fourth-order valence-corrected chi connectivity index (χ4v) is 2.06. The summed E-state index contributed by atoms with van der Waals surface area (Å²) in [7, 11) is 1.68. The number of rotatable bonds is 5. The molecule has 14 heavy (non-hydrogen) atoms. The van der Waals surface area contributed by atoms with Crippen molar-refractivity contribution in [3.63, 3.8) is 0 Å². The third kappa shape index (κ3) is 2.62. The fourth-order valence-electron chi connectivity index (χ4n) is 1.09. The molecule has 6 heteroatoms. The minimum Gasteiger partial charge on any atom is -0.384 e. The molecule has 1 heterocycles. The Bertz CT molecular complexity index is 287. The quantitative estimate of drug-likeness (QED) is 0.591. The highest BCUT2D eigenvalue weighted by Crippen LogP contribution is 2.21. The lowest BCUT2D eigenvalue weighted by Gasteiger charge is -2.10.